The van der Waals surface area contributed by atoms with Crippen LogP contribution in [0.25, 0.3) is 0 Å². The highest BCUT2D eigenvalue weighted by atomic mass is 32.1. The molecule has 1 unspecified atom stereocenters. The van der Waals surface area contributed by atoms with Crippen molar-refractivity contribution in [3.05, 3.63) is 15.6 Å². The molecule has 94 valence electrons. The third kappa shape index (κ3) is 2.69. The van der Waals surface area contributed by atoms with Gasteiger partial charge in [0.2, 0.25) is 0 Å². The first-order valence-electron chi connectivity index (χ1n) is 6.70. The monoisotopic (exact) mass is 252 g/mol. The van der Waals surface area contributed by atoms with Crippen molar-refractivity contribution in [1.29, 1.82) is 0 Å². The van der Waals surface area contributed by atoms with Crippen LogP contribution in [0.2, 0.25) is 0 Å². The van der Waals surface area contributed by atoms with Gasteiger partial charge < -0.3 is 10.1 Å². The summed E-state index contributed by atoms with van der Waals surface area (Å²) >= 11 is 1.85. The fourth-order valence-electron chi connectivity index (χ4n) is 2.25. The molecule has 0 spiro atoms. The summed E-state index contributed by atoms with van der Waals surface area (Å²) in [5, 5.41) is 4.78. The van der Waals surface area contributed by atoms with E-state index in [1.165, 1.54) is 34.8 Å². The lowest BCUT2D eigenvalue weighted by Gasteiger charge is -2.03. The average molecular weight is 252 g/mol. The van der Waals surface area contributed by atoms with Crippen molar-refractivity contribution >= 4 is 11.3 Å². The Bertz CT molecular complexity index is 381. The van der Waals surface area contributed by atoms with Crippen LogP contribution in [0.3, 0.4) is 0 Å². The van der Waals surface area contributed by atoms with E-state index in [4.69, 9.17) is 9.72 Å². The topological polar surface area (TPSA) is 34.1 Å². The van der Waals surface area contributed by atoms with Crippen LogP contribution in [0.15, 0.2) is 0 Å². The van der Waals surface area contributed by atoms with Crippen LogP contribution >= 0.6 is 11.3 Å². The molecule has 2 heterocycles. The average Bonchev–Trinajstić information content (AvgIpc) is 2.88. The molecule has 17 heavy (non-hydrogen) atoms. The Balaban J connectivity index is 1.71. The zero-order chi connectivity index (χ0) is 11.7. The molecule has 0 radical (unpaired) electrons. The Morgan fingerprint density at radius 1 is 1.41 bits per heavy atom. The molecule has 1 atom stereocenters. The minimum atomic E-state index is 0.278. The lowest BCUT2D eigenvalue weighted by Crippen LogP contribution is -2.15. The zero-order valence-electron chi connectivity index (χ0n) is 10.4. The van der Waals surface area contributed by atoms with Crippen LogP contribution in [-0.2, 0) is 17.7 Å². The van der Waals surface area contributed by atoms with Crippen LogP contribution in [0.1, 0.15) is 54.3 Å². The van der Waals surface area contributed by atoms with E-state index < -0.39 is 0 Å². The van der Waals surface area contributed by atoms with Gasteiger partial charge in [-0.3, -0.25) is 0 Å². The van der Waals surface area contributed by atoms with Gasteiger partial charge in [-0.1, -0.05) is 6.92 Å². The number of hydrogen-bond donors (Lipinski definition) is 1. The minimum absolute atomic E-state index is 0.278. The highest BCUT2D eigenvalue weighted by Crippen LogP contribution is 2.33. The van der Waals surface area contributed by atoms with E-state index in [1.807, 2.05) is 11.3 Å². The molecule has 1 aliphatic carbocycles. The summed E-state index contributed by atoms with van der Waals surface area (Å²) < 4.78 is 5.72. The summed E-state index contributed by atoms with van der Waals surface area (Å²) in [4.78, 5) is 6.18. The van der Waals surface area contributed by atoms with Crippen molar-refractivity contribution in [2.45, 2.75) is 57.7 Å². The molecule has 4 heteroatoms. The molecule has 1 aromatic heterocycles. The molecule has 3 nitrogen and oxygen atoms in total. The van der Waals surface area contributed by atoms with E-state index in [2.05, 4.69) is 12.2 Å². The molecule has 1 aliphatic heterocycles. The summed E-state index contributed by atoms with van der Waals surface area (Å²) in [6.45, 7) is 4.09. The second-order valence-electron chi connectivity index (χ2n) is 4.93. The largest absolute Gasteiger partial charge is 0.371 e. The van der Waals surface area contributed by atoms with E-state index >= 15 is 0 Å². The predicted molar refractivity (Wildman–Crippen MR) is 69.3 cm³/mol. The fraction of sp³-hybridized carbons (Fsp3) is 0.769. The van der Waals surface area contributed by atoms with Gasteiger partial charge in [0.1, 0.15) is 11.1 Å². The Morgan fingerprint density at radius 2 is 2.29 bits per heavy atom. The molecule has 0 amide bonds. The van der Waals surface area contributed by atoms with Crippen molar-refractivity contribution in [3.8, 4) is 0 Å². The molecule has 2 aliphatic rings. The summed E-state index contributed by atoms with van der Waals surface area (Å²) in [5.74, 6) is 0. The molecular formula is C13H20N2OS. The number of rotatable bonds is 5. The van der Waals surface area contributed by atoms with Crippen molar-refractivity contribution in [2.24, 2.45) is 0 Å². The van der Waals surface area contributed by atoms with Gasteiger partial charge in [-0.15, -0.1) is 11.3 Å². The Kier molecular flexibility index (Phi) is 3.45. The van der Waals surface area contributed by atoms with Crippen molar-refractivity contribution < 1.29 is 4.74 Å². The second-order valence-corrected chi connectivity index (χ2v) is 6.05. The van der Waals surface area contributed by atoms with Gasteiger partial charge in [-0.25, -0.2) is 4.98 Å². The molecule has 1 saturated carbocycles. The van der Waals surface area contributed by atoms with Crippen LogP contribution in [0, 0.1) is 0 Å². The van der Waals surface area contributed by atoms with Gasteiger partial charge in [-0.05, 0) is 32.1 Å². The maximum absolute atomic E-state index is 5.72. The molecule has 1 aromatic rings. The van der Waals surface area contributed by atoms with Gasteiger partial charge >= 0.3 is 0 Å². The van der Waals surface area contributed by atoms with Gasteiger partial charge in [0.05, 0.1) is 5.69 Å². The van der Waals surface area contributed by atoms with Gasteiger partial charge in [0.25, 0.3) is 0 Å². The van der Waals surface area contributed by atoms with E-state index in [1.54, 1.807) is 0 Å². The highest BCUT2D eigenvalue weighted by molar-refractivity contribution is 7.11. The highest BCUT2D eigenvalue weighted by Gasteiger charge is 2.24. The van der Waals surface area contributed by atoms with Crippen LogP contribution in [0.4, 0.5) is 0 Å². The Morgan fingerprint density at radius 3 is 2.94 bits per heavy atom. The van der Waals surface area contributed by atoms with E-state index in [0.717, 1.165) is 32.0 Å². The lowest BCUT2D eigenvalue weighted by atomic mass is 10.2. The molecule has 0 bridgehead atoms. The van der Waals surface area contributed by atoms with Crippen LogP contribution in [0.5, 0.6) is 0 Å². The second kappa shape index (κ2) is 5.04. The zero-order valence-corrected chi connectivity index (χ0v) is 11.2. The first-order chi connectivity index (χ1) is 8.36. The van der Waals surface area contributed by atoms with E-state index in [9.17, 15) is 0 Å². The number of aryl methyl sites for hydroxylation is 1. The SMILES string of the molecule is CCc1nc(C2CCCO2)sc1CNC1CC1. The van der Waals surface area contributed by atoms with Crippen LogP contribution < -0.4 is 5.32 Å². The summed E-state index contributed by atoms with van der Waals surface area (Å²) in [6, 6.07) is 0.771. The number of nitrogens with one attached hydrogen (secondary N) is 1. The van der Waals surface area contributed by atoms with Gasteiger partial charge in [0, 0.05) is 24.1 Å². The van der Waals surface area contributed by atoms with E-state index in [-0.39, 0.29) is 6.10 Å². The smallest absolute Gasteiger partial charge is 0.122 e. The number of nitrogens with zero attached hydrogens (tertiary/aromatic N) is 1. The van der Waals surface area contributed by atoms with Crippen molar-refractivity contribution in [1.82, 2.24) is 10.3 Å². The van der Waals surface area contributed by atoms with Gasteiger partial charge in [-0.2, -0.15) is 0 Å². The van der Waals surface area contributed by atoms with E-state index in [0.29, 0.717) is 0 Å². The summed E-state index contributed by atoms with van der Waals surface area (Å²) in [6.07, 6.45) is 6.33. The van der Waals surface area contributed by atoms with Crippen molar-refractivity contribution in [2.75, 3.05) is 6.61 Å². The number of ether oxygens (including phenoxy) is 1. The number of thiazole rings is 1. The Hall–Kier alpha value is -0.450. The molecule has 3 rings (SSSR count). The number of aromatic nitrogens is 1. The molecule has 1 N–H and O–H groups in total. The third-order valence-electron chi connectivity index (χ3n) is 3.46. The maximum Gasteiger partial charge on any atom is 0.122 e. The predicted octanol–water partition coefficient (Wildman–Crippen LogP) is 2.81. The first-order valence-corrected chi connectivity index (χ1v) is 7.52. The molecule has 2 fully saturated rings. The summed E-state index contributed by atoms with van der Waals surface area (Å²) in [7, 11) is 0. The summed E-state index contributed by atoms with van der Waals surface area (Å²) in [5.41, 5.74) is 1.27. The van der Waals surface area contributed by atoms with Crippen molar-refractivity contribution in [3.63, 3.8) is 0 Å². The lowest BCUT2D eigenvalue weighted by molar-refractivity contribution is 0.111. The molecule has 0 aromatic carbocycles. The maximum atomic E-state index is 5.72. The first kappa shape index (κ1) is 11.6. The van der Waals surface area contributed by atoms with Gasteiger partial charge in [0.15, 0.2) is 0 Å². The Labute approximate surface area is 107 Å². The minimum Gasteiger partial charge on any atom is -0.371 e. The molecular weight excluding hydrogens is 232 g/mol. The number of hydrogen-bond acceptors (Lipinski definition) is 4. The third-order valence-corrected chi connectivity index (χ3v) is 4.65. The standard InChI is InChI=1S/C13H20N2OS/c1-2-10-12(8-14-9-5-6-9)17-13(15-10)11-4-3-7-16-11/h9,11,14H,2-8H2,1H3. The fourth-order valence-corrected chi connectivity index (χ4v) is 3.44. The molecule has 1 saturated heterocycles. The normalized spacial score (nSPS) is 24.4. The van der Waals surface area contributed by atoms with Crippen LogP contribution in [-0.4, -0.2) is 17.6 Å². The quantitative estimate of drug-likeness (QED) is 0.875.